The van der Waals surface area contributed by atoms with E-state index >= 15 is 0 Å². The highest BCUT2D eigenvalue weighted by molar-refractivity contribution is 6.35. The molecule has 0 aromatic heterocycles. The van der Waals surface area contributed by atoms with E-state index in [1.54, 1.807) is 5.01 Å². The zero-order chi connectivity index (χ0) is 13.5. The molecule has 0 aliphatic heterocycles. The summed E-state index contributed by atoms with van der Waals surface area (Å²) in [5, 5.41) is 16.2. The second-order valence-electron chi connectivity index (χ2n) is 3.55. The number of nitro benzene ring substituents is 1. The quantitative estimate of drug-likeness (QED) is 0.335. The van der Waals surface area contributed by atoms with Gasteiger partial charge in [0.05, 0.1) is 11.1 Å². The van der Waals surface area contributed by atoms with Crippen molar-refractivity contribution in [3.05, 3.63) is 39.9 Å². The topological polar surface area (TPSA) is 75.8 Å². The Kier molecular flexibility index (Phi) is 4.98. The van der Waals surface area contributed by atoms with Crippen molar-refractivity contribution in [1.29, 1.82) is 0 Å². The van der Waals surface area contributed by atoms with Gasteiger partial charge in [-0.15, -0.1) is 0 Å². The Morgan fingerprint density at radius 3 is 2.33 bits per heavy atom. The Labute approximate surface area is 105 Å². The van der Waals surface area contributed by atoms with Gasteiger partial charge in [0.15, 0.2) is 0 Å². The standard InChI is InChI=1S/C12H15N3O3/c1-3-14(4-2)13-9-12(16)10-5-7-11(8-6-10)15(17)18/h5-9H,3-4H2,1-2H3/b13-9+. The number of carbonyl (C=O) groups is 1. The average Bonchev–Trinajstić information content (AvgIpc) is 2.39. The molecule has 0 unspecified atom stereocenters. The smallest absolute Gasteiger partial charge is 0.269 e. The largest absolute Gasteiger partial charge is 0.297 e. The van der Waals surface area contributed by atoms with Crippen molar-refractivity contribution in [2.45, 2.75) is 13.8 Å². The number of hydrazone groups is 1. The van der Waals surface area contributed by atoms with Crippen LogP contribution < -0.4 is 0 Å². The fourth-order valence-corrected chi connectivity index (χ4v) is 1.34. The highest BCUT2D eigenvalue weighted by Gasteiger charge is 2.07. The molecule has 0 bridgehead atoms. The summed E-state index contributed by atoms with van der Waals surface area (Å²) in [5.74, 6) is -0.267. The molecule has 0 aliphatic carbocycles. The Morgan fingerprint density at radius 2 is 1.89 bits per heavy atom. The molecule has 0 atom stereocenters. The lowest BCUT2D eigenvalue weighted by Crippen LogP contribution is -2.17. The molecule has 0 heterocycles. The first kappa shape index (κ1) is 13.8. The zero-order valence-electron chi connectivity index (χ0n) is 10.4. The molecule has 1 aromatic rings. The number of carbonyl (C=O) groups excluding carboxylic acids is 1. The maximum atomic E-state index is 11.7. The van der Waals surface area contributed by atoms with Crippen LogP contribution in [0.2, 0.25) is 0 Å². The molecule has 6 nitrogen and oxygen atoms in total. The van der Waals surface area contributed by atoms with E-state index in [0.717, 1.165) is 13.1 Å². The molecule has 1 aromatic carbocycles. The summed E-state index contributed by atoms with van der Waals surface area (Å²) in [6, 6.07) is 5.46. The summed E-state index contributed by atoms with van der Waals surface area (Å²) in [6.07, 6.45) is 1.23. The Morgan fingerprint density at radius 1 is 1.33 bits per heavy atom. The Hall–Kier alpha value is -2.24. The highest BCUT2D eigenvalue weighted by atomic mass is 16.6. The fraction of sp³-hybridized carbons (Fsp3) is 0.333. The number of nitrogens with zero attached hydrogens (tertiary/aromatic N) is 3. The number of Topliss-reactive ketones (excluding diaryl/α,β-unsaturated/α-hetero) is 1. The second kappa shape index (κ2) is 6.48. The molecule has 0 saturated heterocycles. The molecule has 96 valence electrons. The molecule has 6 heteroatoms. The number of non-ortho nitro benzene ring substituents is 1. The van der Waals surface area contributed by atoms with E-state index in [-0.39, 0.29) is 11.5 Å². The van der Waals surface area contributed by atoms with Crippen LogP contribution in [-0.4, -0.2) is 35.0 Å². The van der Waals surface area contributed by atoms with Gasteiger partial charge in [-0.3, -0.25) is 19.9 Å². The first-order valence-corrected chi connectivity index (χ1v) is 5.66. The third kappa shape index (κ3) is 3.65. The van der Waals surface area contributed by atoms with Crippen molar-refractivity contribution in [3.63, 3.8) is 0 Å². The van der Waals surface area contributed by atoms with Crippen LogP contribution >= 0.6 is 0 Å². The van der Waals surface area contributed by atoms with E-state index in [1.807, 2.05) is 13.8 Å². The van der Waals surface area contributed by atoms with E-state index in [9.17, 15) is 14.9 Å². The highest BCUT2D eigenvalue weighted by Crippen LogP contribution is 2.11. The first-order chi connectivity index (χ1) is 8.58. The van der Waals surface area contributed by atoms with Gasteiger partial charge in [0, 0.05) is 30.8 Å². The summed E-state index contributed by atoms with van der Waals surface area (Å²) in [6.45, 7) is 5.33. The molecule has 18 heavy (non-hydrogen) atoms. The van der Waals surface area contributed by atoms with Crippen LogP contribution in [0.3, 0.4) is 0 Å². The van der Waals surface area contributed by atoms with Gasteiger partial charge in [-0.25, -0.2) is 0 Å². The SMILES string of the molecule is CCN(CC)/N=C/C(=O)c1ccc([N+](=O)[O-])cc1. The lowest BCUT2D eigenvalue weighted by Gasteiger charge is -2.12. The minimum atomic E-state index is -0.502. The van der Waals surface area contributed by atoms with E-state index < -0.39 is 4.92 Å². The van der Waals surface area contributed by atoms with Crippen LogP contribution in [0.4, 0.5) is 5.69 Å². The van der Waals surface area contributed by atoms with Gasteiger partial charge in [0.25, 0.3) is 5.69 Å². The van der Waals surface area contributed by atoms with Gasteiger partial charge in [-0.05, 0) is 26.0 Å². The summed E-state index contributed by atoms with van der Waals surface area (Å²) in [5.41, 5.74) is 0.351. The molecule has 1 rings (SSSR count). The fourth-order valence-electron chi connectivity index (χ4n) is 1.34. The van der Waals surface area contributed by atoms with Gasteiger partial charge >= 0.3 is 0 Å². The normalized spacial score (nSPS) is 10.6. The Balaban J connectivity index is 2.75. The number of benzene rings is 1. The van der Waals surface area contributed by atoms with Gasteiger partial charge < -0.3 is 0 Å². The number of ketones is 1. The second-order valence-corrected chi connectivity index (χ2v) is 3.55. The lowest BCUT2D eigenvalue weighted by atomic mass is 10.1. The maximum absolute atomic E-state index is 11.7. The van der Waals surface area contributed by atoms with E-state index in [4.69, 9.17) is 0 Å². The molecular formula is C12H15N3O3. The summed E-state index contributed by atoms with van der Waals surface area (Å²) in [7, 11) is 0. The summed E-state index contributed by atoms with van der Waals surface area (Å²) < 4.78 is 0. The van der Waals surface area contributed by atoms with Crippen molar-refractivity contribution in [2.75, 3.05) is 13.1 Å². The lowest BCUT2D eigenvalue weighted by molar-refractivity contribution is -0.384. The molecule has 0 spiro atoms. The van der Waals surface area contributed by atoms with Crippen molar-refractivity contribution >= 4 is 17.7 Å². The zero-order valence-corrected chi connectivity index (χ0v) is 10.4. The molecule has 0 aliphatic rings. The van der Waals surface area contributed by atoms with Crippen LogP contribution in [0, 0.1) is 10.1 Å². The molecule has 0 saturated carbocycles. The van der Waals surface area contributed by atoms with Crippen LogP contribution in [0.15, 0.2) is 29.4 Å². The van der Waals surface area contributed by atoms with Gasteiger partial charge in [-0.2, -0.15) is 5.10 Å². The molecule has 0 fully saturated rings. The third-order valence-corrected chi connectivity index (χ3v) is 2.43. The van der Waals surface area contributed by atoms with Crippen LogP contribution in [0.5, 0.6) is 0 Å². The van der Waals surface area contributed by atoms with Crippen molar-refractivity contribution in [3.8, 4) is 0 Å². The van der Waals surface area contributed by atoms with Crippen molar-refractivity contribution < 1.29 is 9.72 Å². The summed E-state index contributed by atoms with van der Waals surface area (Å²) >= 11 is 0. The molecule has 0 N–H and O–H groups in total. The van der Waals surface area contributed by atoms with Gasteiger partial charge in [-0.1, -0.05) is 0 Å². The minimum absolute atomic E-state index is 0.0350. The van der Waals surface area contributed by atoms with Crippen molar-refractivity contribution in [2.24, 2.45) is 5.10 Å². The predicted molar refractivity (Wildman–Crippen MR) is 68.8 cm³/mol. The van der Waals surface area contributed by atoms with Crippen LogP contribution in [0.25, 0.3) is 0 Å². The first-order valence-electron chi connectivity index (χ1n) is 5.66. The van der Waals surface area contributed by atoms with E-state index in [1.165, 1.54) is 30.5 Å². The van der Waals surface area contributed by atoms with Gasteiger partial charge in [0.1, 0.15) is 0 Å². The van der Waals surface area contributed by atoms with Crippen LogP contribution in [-0.2, 0) is 0 Å². The molecule has 0 radical (unpaired) electrons. The van der Waals surface area contributed by atoms with E-state index in [2.05, 4.69) is 5.10 Å². The van der Waals surface area contributed by atoms with Crippen LogP contribution in [0.1, 0.15) is 24.2 Å². The van der Waals surface area contributed by atoms with Crippen molar-refractivity contribution in [1.82, 2.24) is 5.01 Å². The number of hydrogen-bond donors (Lipinski definition) is 0. The van der Waals surface area contributed by atoms with E-state index in [0.29, 0.717) is 5.56 Å². The number of nitro groups is 1. The maximum Gasteiger partial charge on any atom is 0.269 e. The summed E-state index contributed by atoms with van der Waals surface area (Å²) in [4.78, 5) is 21.7. The number of rotatable bonds is 6. The monoisotopic (exact) mass is 249 g/mol. The molecular weight excluding hydrogens is 234 g/mol. The predicted octanol–water partition coefficient (Wildman–Crippen LogP) is 2.11. The van der Waals surface area contributed by atoms with Gasteiger partial charge in [0.2, 0.25) is 5.78 Å². The number of hydrogen-bond acceptors (Lipinski definition) is 5. The minimum Gasteiger partial charge on any atom is -0.297 e. The Bertz CT molecular complexity index is 450. The average molecular weight is 249 g/mol. The molecule has 0 amide bonds. The third-order valence-electron chi connectivity index (χ3n) is 2.43.